The molecule has 0 spiro atoms. The molecule has 5 nitrogen and oxygen atoms in total. The monoisotopic (exact) mass is 703 g/mol. The largest absolute Gasteiger partial charge is 0.294 e. The summed E-state index contributed by atoms with van der Waals surface area (Å²) >= 11 is 0. The van der Waals surface area contributed by atoms with E-state index < -0.39 is 0 Å². The molecule has 7 aromatic carbocycles. The molecule has 0 amide bonds. The zero-order chi connectivity index (χ0) is 36.4. The van der Waals surface area contributed by atoms with Gasteiger partial charge in [0.15, 0.2) is 0 Å². The quantitative estimate of drug-likeness (QED) is 0.184. The van der Waals surface area contributed by atoms with Gasteiger partial charge in [-0.2, -0.15) is 0 Å². The van der Waals surface area contributed by atoms with Crippen LogP contribution in [-0.4, -0.2) is 24.1 Å². The van der Waals surface area contributed by atoms with E-state index in [9.17, 15) is 0 Å². The molecule has 0 saturated carbocycles. The van der Waals surface area contributed by atoms with E-state index in [4.69, 9.17) is 15.0 Å². The van der Waals surface area contributed by atoms with Gasteiger partial charge in [-0.3, -0.25) is 9.13 Å². The molecule has 1 aliphatic carbocycles. The van der Waals surface area contributed by atoms with Gasteiger partial charge in [0.2, 0.25) is 5.95 Å². The molecule has 0 radical (unpaired) electrons. The Balaban J connectivity index is 1.20. The molecule has 12 rings (SSSR count). The van der Waals surface area contributed by atoms with Gasteiger partial charge in [-0.05, 0) is 70.1 Å². The molecule has 0 atom stereocenters. The number of hydrogen-bond donors (Lipinski definition) is 0. The number of aromatic nitrogens is 5. The topological polar surface area (TPSA) is 48.5 Å². The highest BCUT2D eigenvalue weighted by Crippen LogP contribution is 2.50. The van der Waals surface area contributed by atoms with E-state index in [-0.39, 0.29) is 5.41 Å². The van der Waals surface area contributed by atoms with Crippen LogP contribution in [0.5, 0.6) is 0 Å². The zero-order valence-electron chi connectivity index (χ0n) is 30.3. The molecule has 5 heteroatoms. The molecule has 0 aliphatic heterocycles. The van der Waals surface area contributed by atoms with Gasteiger partial charge in [0.1, 0.15) is 5.82 Å². The maximum Gasteiger partial charge on any atom is 0.235 e. The lowest BCUT2D eigenvalue weighted by atomic mass is 9.82. The summed E-state index contributed by atoms with van der Waals surface area (Å²) in [5.41, 5.74) is 12.4. The van der Waals surface area contributed by atoms with Crippen molar-refractivity contribution in [3.8, 4) is 34.2 Å². The Morgan fingerprint density at radius 2 is 1.20 bits per heavy atom. The first-order chi connectivity index (χ1) is 27.0. The minimum Gasteiger partial charge on any atom is -0.294 e. The Morgan fingerprint density at radius 1 is 0.473 bits per heavy atom. The number of nitrogens with zero attached hydrogens (tertiary/aromatic N) is 5. The van der Waals surface area contributed by atoms with E-state index >= 15 is 0 Å². The summed E-state index contributed by atoms with van der Waals surface area (Å²) in [4.78, 5) is 15.8. The minimum absolute atomic E-state index is 0.128. The molecular weight excluding hydrogens is 671 g/mol. The van der Waals surface area contributed by atoms with Crippen LogP contribution >= 0.6 is 0 Å². The fraction of sp³-hybridized carbons (Fsp3) is 0.0600. The first-order valence-corrected chi connectivity index (χ1v) is 18.9. The standard InChI is InChI=1S/C50H33N5/c1-50(2)40-18-8-5-15-33(40)34-24-23-31(27-41(34)50)47-37-17-6-9-19-42(37)52-49(53-47)55-45-29-44-38(28-39(45)36-25-22-30-13-3-4-14-32(30)48(36)55)35-16-7-10-20-43(35)54(44)46-21-11-12-26-51-46/h3-29H,1-2H3. The number of benzene rings is 7. The van der Waals surface area contributed by atoms with Gasteiger partial charge in [-0.25, -0.2) is 15.0 Å². The third kappa shape index (κ3) is 4.15. The first-order valence-electron chi connectivity index (χ1n) is 18.9. The van der Waals surface area contributed by atoms with Crippen LogP contribution in [0.1, 0.15) is 25.0 Å². The molecule has 0 bridgehead atoms. The highest BCUT2D eigenvalue weighted by atomic mass is 15.2. The third-order valence-electron chi connectivity index (χ3n) is 12.0. The molecule has 0 N–H and O–H groups in total. The Hall–Kier alpha value is -7.11. The van der Waals surface area contributed by atoms with Crippen molar-refractivity contribution < 1.29 is 0 Å². The molecule has 0 unspecified atom stereocenters. The van der Waals surface area contributed by atoms with Crippen LogP contribution in [-0.2, 0) is 5.41 Å². The smallest absolute Gasteiger partial charge is 0.235 e. The second-order valence-electron chi connectivity index (χ2n) is 15.3. The summed E-state index contributed by atoms with van der Waals surface area (Å²) in [6, 6.07) is 56.7. The summed E-state index contributed by atoms with van der Waals surface area (Å²) in [6.07, 6.45) is 1.86. The number of fused-ring (bicyclic) bond motifs is 12. The van der Waals surface area contributed by atoms with E-state index in [0.29, 0.717) is 5.95 Å². The highest BCUT2D eigenvalue weighted by molar-refractivity contribution is 6.23. The van der Waals surface area contributed by atoms with E-state index in [1.807, 2.05) is 18.3 Å². The molecule has 55 heavy (non-hydrogen) atoms. The SMILES string of the molecule is CC1(C)c2ccccc2-c2ccc(-c3nc(-n4c5cc6c(cc5c5ccc7ccccc7c54)c4ccccc4n6-c4ccccn4)nc4ccccc34)cc21. The maximum absolute atomic E-state index is 5.58. The van der Waals surface area contributed by atoms with Crippen molar-refractivity contribution in [2.45, 2.75) is 19.3 Å². The van der Waals surface area contributed by atoms with Crippen molar-refractivity contribution in [1.29, 1.82) is 0 Å². The van der Waals surface area contributed by atoms with Crippen molar-refractivity contribution in [2.75, 3.05) is 0 Å². The lowest BCUT2D eigenvalue weighted by Crippen LogP contribution is -2.15. The van der Waals surface area contributed by atoms with Crippen LogP contribution in [0.4, 0.5) is 0 Å². The maximum atomic E-state index is 5.58. The second-order valence-corrected chi connectivity index (χ2v) is 15.3. The summed E-state index contributed by atoms with van der Waals surface area (Å²) < 4.78 is 4.58. The second kappa shape index (κ2) is 11.0. The predicted octanol–water partition coefficient (Wildman–Crippen LogP) is 12.3. The fourth-order valence-electron chi connectivity index (χ4n) is 9.42. The zero-order valence-corrected chi connectivity index (χ0v) is 30.3. The number of pyridine rings is 1. The molecule has 11 aromatic rings. The van der Waals surface area contributed by atoms with E-state index in [1.54, 1.807) is 0 Å². The van der Waals surface area contributed by atoms with Crippen molar-refractivity contribution in [3.05, 3.63) is 175 Å². The van der Waals surface area contributed by atoms with Crippen molar-refractivity contribution in [1.82, 2.24) is 24.1 Å². The number of para-hydroxylation sites is 2. The molecule has 1 aliphatic rings. The average Bonchev–Trinajstić information content (AvgIpc) is 3.82. The van der Waals surface area contributed by atoms with Crippen LogP contribution in [0.15, 0.2) is 164 Å². The van der Waals surface area contributed by atoms with Crippen LogP contribution in [0.2, 0.25) is 0 Å². The van der Waals surface area contributed by atoms with Crippen molar-refractivity contribution in [2.24, 2.45) is 0 Å². The lowest BCUT2D eigenvalue weighted by molar-refractivity contribution is 0.660. The summed E-state index contributed by atoms with van der Waals surface area (Å²) in [5.74, 6) is 1.53. The minimum atomic E-state index is -0.128. The Labute approximate surface area is 316 Å². The Bertz CT molecular complexity index is 3400. The summed E-state index contributed by atoms with van der Waals surface area (Å²) in [7, 11) is 0. The molecule has 258 valence electrons. The van der Waals surface area contributed by atoms with Crippen LogP contribution in [0, 0.1) is 0 Å². The molecular formula is C50H33N5. The van der Waals surface area contributed by atoms with Gasteiger partial charge in [0.05, 0.1) is 33.3 Å². The fourth-order valence-corrected chi connectivity index (χ4v) is 9.42. The van der Waals surface area contributed by atoms with Gasteiger partial charge in [0, 0.05) is 49.5 Å². The van der Waals surface area contributed by atoms with Gasteiger partial charge in [0.25, 0.3) is 0 Å². The van der Waals surface area contributed by atoms with E-state index in [1.165, 1.54) is 43.8 Å². The van der Waals surface area contributed by atoms with Crippen LogP contribution < -0.4 is 0 Å². The molecule has 4 aromatic heterocycles. The van der Waals surface area contributed by atoms with Crippen LogP contribution in [0.3, 0.4) is 0 Å². The third-order valence-corrected chi connectivity index (χ3v) is 12.0. The Kier molecular flexibility index (Phi) is 6.05. The predicted molar refractivity (Wildman–Crippen MR) is 227 cm³/mol. The van der Waals surface area contributed by atoms with Crippen molar-refractivity contribution in [3.63, 3.8) is 0 Å². The number of hydrogen-bond acceptors (Lipinski definition) is 3. The summed E-state index contributed by atoms with van der Waals surface area (Å²) in [5, 5.41) is 8.07. The average molecular weight is 704 g/mol. The normalized spacial score (nSPS) is 13.4. The van der Waals surface area contributed by atoms with Gasteiger partial charge in [-0.15, -0.1) is 0 Å². The van der Waals surface area contributed by atoms with Gasteiger partial charge < -0.3 is 0 Å². The van der Waals surface area contributed by atoms with E-state index in [2.05, 4.69) is 169 Å². The lowest BCUT2D eigenvalue weighted by Gasteiger charge is -2.22. The summed E-state index contributed by atoms with van der Waals surface area (Å²) in [6.45, 7) is 4.66. The molecule has 4 heterocycles. The number of rotatable bonds is 3. The first kappa shape index (κ1) is 30.4. The van der Waals surface area contributed by atoms with Gasteiger partial charge >= 0.3 is 0 Å². The van der Waals surface area contributed by atoms with Crippen molar-refractivity contribution >= 4 is 65.3 Å². The van der Waals surface area contributed by atoms with Gasteiger partial charge in [-0.1, -0.05) is 129 Å². The Morgan fingerprint density at radius 3 is 2.09 bits per heavy atom. The highest BCUT2D eigenvalue weighted by Gasteiger charge is 2.35. The van der Waals surface area contributed by atoms with E-state index in [0.717, 1.165) is 60.8 Å². The molecule has 0 fully saturated rings. The molecule has 0 saturated heterocycles. The van der Waals surface area contributed by atoms with Crippen LogP contribution in [0.25, 0.3) is 99.4 Å².